The minimum atomic E-state index is -0.0461. The number of amides is 2. The molecule has 0 spiro atoms. The van der Waals surface area contributed by atoms with E-state index in [4.69, 9.17) is 0 Å². The van der Waals surface area contributed by atoms with Crippen LogP contribution in [0.1, 0.15) is 23.9 Å². The molecule has 134 valence electrons. The summed E-state index contributed by atoms with van der Waals surface area (Å²) in [7, 11) is 2.09. The monoisotopic (exact) mass is 341 g/mol. The van der Waals surface area contributed by atoms with Gasteiger partial charge in [-0.1, -0.05) is 17.7 Å². The highest BCUT2D eigenvalue weighted by Gasteiger charge is 2.27. The molecule has 1 saturated heterocycles. The van der Waals surface area contributed by atoms with E-state index in [2.05, 4.69) is 48.3 Å². The number of anilines is 1. The molecule has 0 bridgehead atoms. The van der Waals surface area contributed by atoms with Gasteiger partial charge in [0.2, 0.25) is 0 Å². The Morgan fingerprint density at radius 1 is 1.16 bits per heavy atom. The number of carbonyl (C=O) groups is 1. The molecule has 1 fully saturated rings. The third-order valence-electron chi connectivity index (χ3n) is 4.89. The van der Waals surface area contributed by atoms with E-state index in [9.17, 15) is 4.79 Å². The Bertz CT molecular complexity index is 765. The zero-order valence-corrected chi connectivity index (χ0v) is 15.7. The first-order valence-corrected chi connectivity index (χ1v) is 8.76. The number of benzene rings is 1. The van der Waals surface area contributed by atoms with Gasteiger partial charge in [-0.05, 0) is 46.9 Å². The molecule has 1 aliphatic heterocycles. The highest BCUT2D eigenvalue weighted by molar-refractivity contribution is 5.91. The van der Waals surface area contributed by atoms with Crippen molar-refractivity contribution in [2.45, 2.75) is 33.7 Å². The maximum atomic E-state index is 12.7. The molecule has 0 unspecified atom stereocenters. The Kier molecular flexibility index (Phi) is 4.81. The number of likely N-dealkylation sites (N-methyl/N-ethyl adjacent to an activating group) is 1. The third-order valence-corrected chi connectivity index (χ3v) is 4.89. The van der Waals surface area contributed by atoms with Crippen molar-refractivity contribution in [1.82, 2.24) is 19.6 Å². The second-order valence-electron chi connectivity index (χ2n) is 7.03. The Morgan fingerprint density at radius 3 is 2.48 bits per heavy atom. The highest BCUT2D eigenvalue weighted by atomic mass is 16.2. The van der Waals surface area contributed by atoms with Crippen LogP contribution >= 0.6 is 0 Å². The van der Waals surface area contributed by atoms with Crippen LogP contribution in [0.4, 0.5) is 10.5 Å². The van der Waals surface area contributed by atoms with Gasteiger partial charge in [-0.25, -0.2) is 9.48 Å². The standard InChI is InChI=1S/C19H27N5O/c1-13-6-8-17(9-7-13)24-16(4)18(15(3)21-24)20-19(25)23-11-10-22(5)12-14(23)2/h6-9,14H,10-12H2,1-5H3,(H,20,25)/t14-/m1/s1. The van der Waals surface area contributed by atoms with Crippen molar-refractivity contribution in [1.29, 1.82) is 0 Å². The van der Waals surface area contributed by atoms with Gasteiger partial charge in [0.05, 0.1) is 22.8 Å². The number of aryl methyl sites for hydroxylation is 2. The fraction of sp³-hybridized carbons (Fsp3) is 0.474. The van der Waals surface area contributed by atoms with Crippen LogP contribution in [0.25, 0.3) is 5.69 Å². The van der Waals surface area contributed by atoms with E-state index in [1.165, 1.54) is 5.56 Å². The van der Waals surface area contributed by atoms with Gasteiger partial charge in [-0.2, -0.15) is 5.10 Å². The summed E-state index contributed by atoms with van der Waals surface area (Å²) in [5.41, 5.74) is 4.78. The van der Waals surface area contributed by atoms with Crippen molar-refractivity contribution in [3.8, 4) is 5.69 Å². The fourth-order valence-electron chi connectivity index (χ4n) is 3.38. The zero-order valence-electron chi connectivity index (χ0n) is 15.7. The van der Waals surface area contributed by atoms with Crippen molar-refractivity contribution in [2.75, 3.05) is 32.0 Å². The predicted molar refractivity (Wildman–Crippen MR) is 100 cm³/mol. The number of rotatable bonds is 2. The van der Waals surface area contributed by atoms with Crippen LogP contribution in [0.15, 0.2) is 24.3 Å². The molecule has 0 saturated carbocycles. The molecule has 0 radical (unpaired) electrons. The summed E-state index contributed by atoms with van der Waals surface area (Å²) >= 11 is 0. The smallest absolute Gasteiger partial charge is 0.319 e. The molecule has 2 aromatic rings. The van der Waals surface area contributed by atoms with E-state index < -0.39 is 0 Å². The summed E-state index contributed by atoms with van der Waals surface area (Å²) in [6.45, 7) is 10.6. The Hall–Kier alpha value is -2.34. The molecule has 3 rings (SSSR count). The maximum Gasteiger partial charge on any atom is 0.322 e. The topological polar surface area (TPSA) is 53.4 Å². The predicted octanol–water partition coefficient (Wildman–Crippen LogP) is 2.97. The SMILES string of the molecule is Cc1ccc(-n2nc(C)c(NC(=O)N3CCN(C)C[C@H]3C)c2C)cc1. The van der Waals surface area contributed by atoms with E-state index in [0.29, 0.717) is 0 Å². The summed E-state index contributed by atoms with van der Waals surface area (Å²) in [6, 6.07) is 8.37. The van der Waals surface area contributed by atoms with Gasteiger partial charge >= 0.3 is 6.03 Å². The van der Waals surface area contributed by atoms with Crippen LogP contribution in [0.5, 0.6) is 0 Å². The average Bonchev–Trinajstić information content (AvgIpc) is 2.83. The van der Waals surface area contributed by atoms with E-state index in [-0.39, 0.29) is 12.1 Å². The molecule has 25 heavy (non-hydrogen) atoms. The number of aromatic nitrogens is 2. The molecule has 1 N–H and O–H groups in total. The van der Waals surface area contributed by atoms with Gasteiger partial charge in [-0.3, -0.25) is 0 Å². The first-order chi connectivity index (χ1) is 11.9. The van der Waals surface area contributed by atoms with Gasteiger partial charge in [0, 0.05) is 25.7 Å². The average molecular weight is 341 g/mol. The molecule has 1 atom stereocenters. The first kappa shape index (κ1) is 17.5. The van der Waals surface area contributed by atoms with Gasteiger partial charge in [-0.15, -0.1) is 0 Å². The van der Waals surface area contributed by atoms with E-state index in [1.54, 1.807) is 0 Å². The van der Waals surface area contributed by atoms with Gasteiger partial charge in [0.15, 0.2) is 0 Å². The molecule has 1 aromatic heterocycles. The van der Waals surface area contributed by atoms with Crippen LogP contribution < -0.4 is 5.32 Å². The Morgan fingerprint density at radius 2 is 1.84 bits per heavy atom. The molecule has 0 aliphatic carbocycles. The lowest BCUT2D eigenvalue weighted by Gasteiger charge is -2.38. The van der Waals surface area contributed by atoms with Gasteiger partial charge in [0.1, 0.15) is 0 Å². The number of nitrogens with zero attached hydrogens (tertiary/aromatic N) is 4. The van der Waals surface area contributed by atoms with Crippen molar-refractivity contribution >= 4 is 11.7 Å². The highest BCUT2D eigenvalue weighted by Crippen LogP contribution is 2.24. The van der Waals surface area contributed by atoms with E-state index >= 15 is 0 Å². The minimum Gasteiger partial charge on any atom is -0.319 e. The molecule has 6 nitrogen and oxygen atoms in total. The first-order valence-electron chi connectivity index (χ1n) is 8.76. The lowest BCUT2D eigenvalue weighted by Crippen LogP contribution is -2.54. The molecular formula is C19H27N5O. The molecular weight excluding hydrogens is 314 g/mol. The lowest BCUT2D eigenvalue weighted by atomic mass is 10.2. The summed E-state index contributed by atoms with van der Waals surface area (Å²) in [4.78, 5) is 16.9. The van der Waals surface area contributed by atoms with Gasteiger partial charge in [0.25, 0.3) is 0 Å². The van der Waals surface area contributed by atoms with Crippen molar-refractivity contribution < 1.29 is 4.79 Å². The summed E-state index contributed by atoms with van der Waals surface area (Å²) in [6.07, 6.45) is 0. The minimum absolute atomic E-state index is 0.0461. The van der Waals surface area contributed by atoms with Crippen LogP contribution in [0.3, 0.4) is 0 Å². The van der Waals surface area contributed by atoms with Crippen molar-refractivity contribution in [2.24, 2.45) is 0 Å². The lowest BCUT2D eigenvalue weighted by molar-refractivity contribution is 0.125. The second-order valence-corrected chi connectivity index (χ2v) is 7.03. The van der Waals surface area contributed by atoms with Crippen LogP contribution in [-0.4, -0.2) is 58.3 Å². The number of nitrogens with one attached hydrogen (secondary N) is 1. The van der Waals surface area contributed by atoms with E-state index in [1.807, 2.05) is 35.6 Å². The van der Waals surface area contributed by atoms with Crippen LogP contribution in [-0.2, 0) is 0 Å². The quantitative estimate of drug-likeness (QED) is 0.914. The summed E-state index contributed by atoms with van der Waals surface area (Å²) < 4.78 is 1.89. The number of carbonyl (C=O) groups excluding carboxylic acids is 1. The molecule has 1 aliphatic rings. The van der Waals surface area contributed by atoms with Crippen molar-refractivity contribution in [3.05, 3.63) is 41.2 Å². The van der Waals surface area contributed by atoms with Crippen molar-refractivity contribution in [3.63, 3.8) is 0 Å². The second kappa shape index (κ2) is 6.88. The number of piperazine rings is 1. The maximum absolute atomic E-state index is 12.7. The van der Waals surface area contributed by atoms with E-state index in [0.717, 1.165) is 42.4 Å². The summed E-state index contributed by atoms with van der Waals surface area (Å²) in [5.74, 6) is 0. The normalized spacial score (nSPS) is 18.4. The number of urea groups is 1. The van der Waals surface area contributed by atoms with Crippen LogP contribution in [0, 0.1) is 20.8 Å². The third kappa shape index (κ3) is 3.54. The molecule has 6 heteroatoms. The Balaban J connectivity index is 1.81. The summed E-state index contributed by atoms with van der Waals surface area (Å²) in [5, 5.41) is 7.69. The molecule has 2 heterocycles. The molecule has 2 amide bonds. The van der Waals surface area contributed by atoms with Gasteiger partial charge < -0.3 is 15.1 Å². The number of hydrogen-bond acceptors (Lipinski definition) is 3. The largest absolute Gasteiger partial charge is 0.322 e. The zero-order chi connectivity index (χ0) is 18.1. The number of hydrogen-bond donors (Lipinski definition) is 1. The fourth-order valence-corrected chi connectivity index (χ4v) is 3.38. The van der Waals surface area contributed by atoms with Crippen LogP contribution in [0.2, 0.25) is 0 Å². The molecule has 1 aromatic carbocycles. The Labute approximate surface area is 149 Å².